The summed E-state index contributed by atoms with van der Waals surface area (Å²) in [7, 11) is 0. The molecule has 0 unspecified atom stereocenters. The van der Waals surface area contributed by atoms with Crippen LogP contribution in [0.5, 0.6) is 5.75 Å². The second-order valence-corrected chi connectivity index (χ2v) is 5.75. The van der Waals surface area contributed by atoms with E-state index in [0.717, 1.165) is 6.07 Å². The number of carbonyl (C=O) groups excluding carboxylic acids is 1. The van der Waals surface area contributed by atoms with Crippen LogP contribution in [0.2, 0.25) is 0 Å². The highest BCUT2D eigenvalue weighted by Crippen LogP contribution is 2.30. The third-order valence-corrected chi connectivity index (χ3v) is 3.92. The van der Waals surface area contributed by atoms with Crippen molar-refractivity contribution in [2.45, 2.75) is 12.8 Å². The van der Waals surface area contributed by atoms with Gasteiger partial charge in [0.05, 0.1) is 24.1 Å². The van der Waals surface area contributed by atoms with Crippen LogP contribution in [-0.2, 0) is 11.2 Å². The number of amides is 1. The van der Waals surface area contributed by atoms with Crippen molar-refractivity contribution in [3.05, 3.63) is 53.7 Å². The molecule has 2 aromatic heterocycles. The molecule has 0 saturated heterocycles. The lowest BCUT2D eigenvalue weighted by atomic mass is 10.2. The molecule has 130 valence electrons. The molecule has 0 saturated carbocycles. The van der Waals surface area contributed by atoms with Gasteiger partial charge in [-0.3, -0.25) is 4.79 Å². The van der Waals surface area contributed by atoms with E-state index in [1.54, 1.807) is 17.5 Å². The van der Waals surface area contributed by atoms with Gasteiger partial charge in [-0.05, 0) is 24.3 Å². The normalized spacial score (nSPS) is 11.3. The minimum absolute atomic E-state index is 0.0636. The van der Waals surface area contributed by atoms with Crippen molar-refractivity contribution in [3.63, 3.8) is 0 Å². The number of rotatable bonds is 5. The van der Waals surface area contributed by atoms with Gasteiger partial charge in [-0.1, -0.05) is 12.1 Å². The number of nitrogens with one attached hydrogen (secondary N) is 1. The highest BCUT2D eigenvalue weighted by atomic mass is 32.1. The number of aromatic nitrogens is 1. The molecule has 1 aromatic carbocycles. The van der Waals surface area contributed by atoms with Gasteiger partial charge < -0.3 is 14.5 Å². The lowest BCUT2D eigenvalue weighted by molar-refractivity contribution is -0.274. The Morgan fingerprint density at radius 1 is 1.24 bits per heavy atom. The zero-order chi connectivity index (χ0) is 17.9. The van der Waals surface area contributed by atoms with Crippen LogP contribution < -0.4 is 10.1 Å². The molecule has 0 aliphatic carbocycles. The third kappa shape index (κ3) is 4.60. The van der Waals surface area contributed by atoms with Crippen LogP contribution in [0.1, 0.15) is 5.69 Å². The van der Waals surface area contributed by atoms with Crippen molar-refractivity contribution < 1.29 is 27.1 Å². The topological polar surface area (TPSA) is 64.4 Å². The zero-order valence-electron chi connectivity index (χ0n) is 12.5. The Kier molecular flexibility index (Phi) is 4.75. The van der Waals surface area contributed by atoms with Gasteiger partial charge in [0.2, 0.25) is 5.91 Å². The minimum atomic E-state index is -4.84. The van der Waals surface area contributed by atoms with Crippen molar-refractivity contribution in [2.24, 2.45) is 0 Å². The summed E-state index contributed by atoms with van der Waals surface area (Å²) in [4.78, 5) is 16.4. The minimum Gasteiger partial charge on any atom is -0.462 e. The number of thiazole rings is 1. The van der Waals surface area contributed by atoms with E-state index in [2.05, 4.69) is 15.0 Å². The largest absolute Gasteiger partial charge is 0.573 e. The van der Waals surface area contributed by atoms with Crippen LogP contribution in [0.15, 0.2) is 52.5 Å². The number of carbonyl (C=O) groups is 1. The first-order valence-electron chi connectivity index (χ1n) is 7.03. The van der Waals surface area contributed by atoms with E-state index in [-0.39, 0.29) is 12.1 Å². The monoisotopic (exact) mass is 368 g/mol. The highest BCUT2D eigenvalue weighted by Gasteiger charge is 2.32. The molecule has 25 heavy (non-hydrogen) atoms. The van der Waals surface area contributed by atoms with Gasteiger partial charge in [0.1, 0.15) is 0 Å². The summed E-state index contributed by atoms with van der Waals surface area (Å²) in [5.41, 5.74) is 0.425. The number of anilines is 1. The molecule has 1 N–H and O–H groups in total. The maximum atomic E-state index is 12.4. The molecule has 0 radical (unpaired) electrons. The van der Waals surface area contributed by atoms with Crippen molar-refractivity contribution in [2.75, 3.05) is 5.32 Å². The number of para-hydroxylation sites is 2. The molecule has 2 heterocycles. The van der Waals surface area contributed by atoms with Gasteiger partial charge in [-0.25, -0.2) is 4.98 Å². The summed E-state index contributed by atoms with van der Waals surface area (Å²) < 4.78 is 46.3. The predicted molar refractivity (Wildman–Crippen MR) is 85.3 cm³/mol. The van der Waals surface area contributed by atoms with Crippen molar-refractivity contribution >= 4 is 22.9 Å². The summed E-state index contributed by atoms with van der Waals surface area (Å²) in [6.07, 6.45) is -3.41. The molecule has 5 nitrogen and oxygen atoms in total. The molecule has 0 bridgehead atoms. The molecule has 0 fully saturated rings. The van der Waals surface area contributed by atoms with Gasteiger partial charge in [0, 0.05) is 5.38 Å². The van der Waals surface area contributed by atoms with Crippen molar-refractivity contribution in [1.29, 1.82) is 0 Å². The standard InChI is InChI=1S/C16H11F3N2O3S/c17-16(18,19)24-12-5-2-1-4-11(12)21-14(22)8-10-9-25-15(20-10)13-6-3-7-23-13/h1-7,9H,8H2,(H,21,22). The predicted octanol–water partition coefficient (Wildman–Crippen LogP) is 4.48. The quantitative estimate of drug-likeness (QED) is 0.721. The van der Waals surface area contributed by atoms with E-state index < -0.39 is 18.0 Å². The maximum absolute atomic E-state index is 12.4. The summed E-state index contributed by atoms with van der Waals surface area (Å²) in [6, 6.07) is 8.80. The molecule has 1 amide bonds. The van der Waals surface area contributed by atoms with Crippen molar-refractivity contribution in [3.8, 4) is 16.5 Å². The Bertz CT molecular complexity index is 860. The lowest BCUT2D eigenvalue weighted by Gasteiger charge is -2.13. The number of nitrogens with zero attached hydrogens (tertiary/aromatic N) is 1. The van der Waals surface area contributed by atoms with Gasteiger partial charge in [0.15, 0.2) is 16.5 Å². The second kappa shape index (κ2) is 6.98. The maximum Gasteiger partial charge on any atom is 0.573 e. The van der Waals surface area contributed by atoms with E-state index >= 15 is 0 Å². The summed E-state index contributed by atoms with van der Waals surface area (Å²) in [5.74, 6) is -0.395. The van der Waals surface area contributed by atoms with Crippen LogP contribution >= 0.6 is 11.3 Å². The van der Waals surface area contributed by atoms with E-state index in [1.165, 1.54) is 35.8 Å². The summed E-state index contributed by atoms with van der Waals surface area (Å²) in [5, 5.41) is 4.71. The SMILES string of the molecule is O=C(Cc1csc(-c2ccco2)n1)Nc1ccccc1OC(F)(F)F. The smallest absolute Gasteiger partial charge is 0.462 e. The molecule has 0 atom stereocenters. The lowest BCUT2D eigenvalue weighted by Crippen LogP contribution is -2.20. The molecular weight excluding hydrogens is 357 g/mol. The van der Waals surface area contributed by atoms with Gasteiger partial charge >= 0.3 is 6.36 Å². The Balaban J connectivity index is 1.67. The van der Waals surface area contributed by atoms with Crippen LogP contribution in [0, 0.1) is 0 Å². The van der Waals surface area contributed by atoms with Crippen LogP contribution in [0.25, 0.3) is 10.8 Å². The Morgan fingerprint density at radius 3 is 2.76 bits per heavy atom. The molecule has 9 heteroatoms. The fourth-order valence-corrected chi connectivity index (χ4v) is 2.83. The number of furan rings is 1. The molecule has 0 spiro atoms. The first-order chi connectivity index (χ1) is 11.9. The van der Waals surface area contributed by atoms with Gasteiger partial charge in [0.25, 0.3) is 0 Å². The first kappa shape index (κ1) is 17.0. The Labute approximate surface area is 144 Å². The van der Waals surface area contributed by atoms with Gasteiger partial charge in [-0.2, -0.15) is 0 Å². The van der Waals surface area contributed by atoms with Crippen molar-refractivity contribution in [1.82, 2.24) is 4.98 Å². The number of alkyl halides is 3. The molecule has 0 aliphatic heterocycles. The highest BCUT2D eigenvalue weighted by molar-refractivity contribution is 7.13. The average Bonchev–Trinajstić information content (AvgIpc) is 3.18. The van der Waals surface area contributed by atoms with E-state index in [9.17, 15) is 18.0 Å². The zero-order valence-corrected chi connectivity index (χ0v) is 13.4. The number of halogens is 3. The Morgan fingerprint density at radius 2 is 2.04 bits per heavy atom. The first-order valence-corrected chi connectivity index (χ1v) is 7.91. The van der Waals surface area contributed by atoms with E-state index in [0.29, 0.717) is 16.5 Å². The van der Waals surface area contributed by atoms with E-state index in [1.807, 2.05) is 0 Å². The number of hydrogen-bond acceptors (Lipinski definition) is 5. The number of hydrogen-bond donors (Lipinski definition) is 1. The summed E-state index contributed by atoms with van der Waals surface area (Å²) >= 11 is 1.31. The average molecular weight is 368 g/mol. The molecule has 0 aliphatic rings. The fraction of sp³-hybridized carbons (Fsp3) is 0.125. The number of benzene rings is 1. The van der Waals surface area contributed by atoms with E-state index in [4.69, 9.17) is 4.42 Å². The molecule has 3 aromatic rings. The third-order valence-electron chi connectivity index (χ3n) is 3.01. The second-order valence-electron chi connectivity index (χ2n) is 4.89. The van der Waals surface area contributed by atoms with Crippen LogP contribution in [0.4, 0.5) is 18.9 Å². The summed E-state index contributed by atoms with van der Waals surface area (Å²) in [6.45, 7) is 0. The Hall–Kier alpha value is -2.81. The van der Waals surface area contributed by atoms with Crippen LogP contribution in [0.3, 0.4) is 0 Å². The fourth-order valence-electron chi connectivity index (χ4n) is 2.04. The van der Waals surface area contributed by atoms with Gasteiger partial charge in [-0.15, -0.1) is 24.5 Å². The number of ether oxygens (including phenoxy) is 1. The molecular formula is C16H11F3N2O3S. The molecule has 3 rings (SSSR count). The van der Waals surface area contributed by atoms with Crippen LogP contribution in [-0.4, -0.2) is 17.3 Å².